The fourth-order valence-electron chi connectivity index (χ4n) is 6.20. The van der Waals surface area contributed by atoms with Crippen LogP contribution in [0, 0.1) is 0 Å². The van der Waals surface area contributed by atoms with Gasteiger partial charge >= 0.3 is 0 Å². The summed E-state index contributed by atoms with van der Waals surface area (Å²) in [5, 5.41) is 17.7. The molecule has 3 aromatic rings. The first-order chi connectivity index (χ1) is 21.2. The van der Waals surface area contributed by atoms with Crippen LogP contribution in [0.15, 0.2) is 30.6 Å². The summed E-state index contributed by atoms with van der Waals surface area (Å²) in [7, 11) is 0. The highest BCUT2D eigenvalue weighted by molar-refractivity contribution is 5.86. The van der Waals surface area contributed by atoms with Crippen molar-refractivity contribution in [2.24, 2.45) is 11.5 Å². The number of aromatic nitrogens is 4. The zero-order valence-electron chi connectivity index (χ0n) is 25.8. The molecule has 2 aromatic heterocycles. The van der Waals surface area contributed by atoms with E-state index in [1.165, 1.54) is 38.5 Å². The lowest BCUT2D eigenvalue weighted by molar-refractivity contribution is 0.410. The molecule has 1 aromatic carbocycles. The fourth-order valence-corrected chi connectivity index (χ4v) is 6.20. The molecule has 11 heteroatoms. The molecule has 11 nitrogen and oxygen atoms in total. The van der Waals surface area contributed by atoms with Gasteiger partial charge in [-0.3, -0.25) is 0 Å². The van der Waals surface area contributed by atoms with Crippen molar-refractivity contribution in [3.05, 3.63) is 30.6 Å². The molecule has 0 aliphatic heterocycles. The average molecular weight is 592 g/mol. The van der Waals surface area contributed by atoms with Gasteiger partial charge in [0.25, 0.3) is 0 Å². The molecule has 5 rings (SSSR count). The van der Waals surface area contributed by atoms with Gasteiger partial charge in [-0.2, -0.15) is 9.97 Å². The van der Waals surface area contributed by atoms with E-state index in [4.69, 9.17) is 26.4 Å². The zero-order valence-corrected chi connectivity index (χ0v) is 25.8. The smallest absolute Gasteiger partial charge is 0.227 e. The van der Waals surface area contributed by atoms with E-state index in [1.54, 1.807) is 0 Å². The third kappa shape index (κ3) is 9.50. The lowest BCUT2D eigenvalue weighted by atomic mass is 9.92. The highest BCUT2D eigenvalue weighted by Gasteiger charge is 2.24. The average Bonchev–Trinajstić information content (AvgIpc) is 3.70. The molecular formula is C32H53N11. The van der Waals surface area contributed by atoms with Crippen LogP contribution in [0.4, 0.5) is 23.1 Å². The van der Waals surface area contributed by atoms with Crippen LogP contribution in [0.5, 0.6) is 0 Å². The molecule has 0 bridgehead atoms. The Bertz CT molecular complexity index is 1210. The maximum absolute atomic E-state index is 6.14. The highest BCUT2D eigenvalue weighted by Crippen LogP contribution is 2.34. The topological polar surface area (TPSA) is 156 Å². The predicted octanol–water partition coefficient (Wildman–Crippen LogP) is 4.48. The van der Waals surface area contributed by atoms with Crippen molar-refractivity contribution in [3.63, 3.8) is 0 Å². The molecule has 2 saturated carbocycles. The van der Waals surface area contributed by atoms with Crippen molar-refractivity contribution in [2.75, 3.05) is 55.2 Å². The first-order valence-electron chi connectivity index (χ1n) is 16.7. The number of benzene rings is 1. The number of nitrogens with one attached hydrogen (secondary N) is 5. The number of rotatable bonds is 18. The van der Waals surface area contributed by atoms with Crippen molar-refractivity contribution < 1.29 is 0 Å². The van der Waals surface area contributed by atoms with Gasteiger partial charge < -0.3 is 42.6 Å². The molecule has 2 aliphatic carbocycles. The summed E-state index contributed by atoms with van der Waals surface area (Å²) in [6.07, 6.45) is 15.5. The maximum atomic E-state index is 6.14. The number of imidazole rings is 1. The highest BCUT2D eigenvalue weighted by atomic mass is 15.2. The minimum atomic E-state index is 0.311. The second-order valence-corrected chi connectivity index (χ2v) is 12.2. The Morgan fingerprint density at radius 2 is 1.44 bits per heavy atom. The molecule has 236 valence electrons. The lowest BCUT2D eigenvalue weighted by Crippen LogP contribution is -2.33. The summed E-state index contributed by atoms with van der Waals surface area (Å²) in [5.41, 5.74) is 15.5. The van der Waals surface area contributed by atoms with E-state index < -0.39 is 0 Å². The van der Waals surface area contributed by atoms with E-state index >= 15 is 0 Å². The predicted molar refractivity (Wildman–Crippen MR) is 178 cm³/mol. The van der Waals surface area contributed by atoms with Gasteiger partial charge in [0.1, 0.15) is 0 Å². The largest absolute Gasteiger partial charge is 0.385 e. The summed E-state index contributed by atoms with van der Waals surface area (Å²) in [5.74, 6) is 1.41. The van der Waals surface area contributed by atoms with Crippen molar-refractivity contribution in [2.45, 2.75) is 95.2 Å². The molecule has 2 fully saturated rings. The normalized spacial score (nSPS) is 19.2. The van der Waals surface area contributed by atoms with Crippen molar-refractivity contribution in [3.8, 4) is 0 Å². The van der Waals surface area contributed by atoms with Crippen molar-refractivity contribution in [1.82, 2.24) is 30.2 Å². The monoisotopic (exact) mass is 591 g/mol. The first-order valence-corrected chi connectivity index (χ1v) is 16.7. The third-order valence-electron chi connectivity index (χ3n) is 8.77. The van der Waals surface area contributed by atoms with Gasteiger partial charge in [-0.1, -0.05) is 12.8 Å². The third-order valence-corrected chi connectivity index (χ3v) is 8.77. The summed E-state index contributed by atoms with van der Waals surface area (Å²) in [6.45, 7) is 5.90. The Kier molecular flexibility index (Phi) is 12.2. The molecule has 2 aliphatic rings. The Hall–Kier alpha value is -2.99. The van der Waals surface area contributed by atoms with Crippen molar-refractivity contribution in [1.29, 1.82) is 0 Å². The second kappa shape index (κ2) is 16.7. The van der Waals surface area contributed by atoms with Gasteiger partial charge in [0, 0.05) is 36.0 Å². The van der Waals surface area contributed by atoms with E-state index in [1.807, 2.05) is 6.33 Å². The molecule has 43 heavy (non-hydrogen) atoms. The Balaban J connectivity index is 1.12. The standard InChI is InChI=1S/C32H53N11/c33-17-5-20-35-18-3-4-19-36-21-6-22-37-25-13-15-26(16-14-25)39-30-29-31(43(23-38-29)28-7-1-2-8-28)42-32(41-30)40-27-11-9-24(34)10-12-27/h13-16,23-24,27-28,35-37H,1-12,17-22,33-34H2,(H2,39,40,41,42). The van der Waals surface area contributed by atoms with Gasteiger partial charge in [0.2, 0.25) is 5.95 Å². The van der Waals surface area contributed by atoms with Gasteiger partial charge in [-0.15, -0.1) is 0 Å². The number of nitrogens with zero attached hydrogens (tertiary/aromatic N) is 4. The molecule has 0 amide bonds. The van der Waals surface area contributed by atoms with Crippen LogP contribution in [0.3, 0.4) is 0 Å². The van der Waals surface area contributed by atoms with Gasteiger partial charge in [0.15, 0.2) is 17.0 Å². The van der Waals surface area contributed by atoms with E-state index in [0.29, 0.717) is 24.1 Å². The zero-order chi connectivity index (χ0) is 29.7. The Morgan fingerprint density at radius 1 is 0.767 bits per heavy atom. The minimum absolute atomic E-state index is 0.311. The van der Waals surface area contributed by atoms with Gasteiger partial charge in [-0.25, -0.2) is 4.98 Å². The van der Waals surface area contributed by atoms with Gasteiger partial charge in [0.05, 0.1) is 6.33 Å². The molecule has 9 N–H and O–H groups in total. The second-order valence-electron chi connectivity index (χ2n) is 12.2. The number of hydrogen-bond donors (Lipinski definition) is 7. The molecule has 0 saturated heterocycles. The van der Waals surface area contributed by atoms with E-state index in [0.717, 1.165) is 106 Å². The SMILES string of the molecule is NCCCNCCCCNCCCNc1ccc(Nc2nc(NC3CCC(N)CC3)nc3c2ncn3C2CCCC2)cc1. The number of nitrogens with two attached hydrogens (primary N) is 2. The summed E-state index contributed by atoms with van der Waals surface area (Å²) in [4.78, 5) is 14.7. The molecule has 0 radical (unpaired) electrons. The van der Waals surface area contributed by atoms with Gasteiger partial charge in [-0.05, 0) is 121 Å². The Labute approximate surface area is 256 Å². The molecular weight excluding hydrogens is 538 g/mol. The van der Waals surface area contributed by atoms with E-state index in [9.17, 15) is 0 Å². The van der Waals surface area contributed by atoms with E-state index in [2.05, 4.69) is 55.4 Å². The Morgan fingerprint density at radius 3 is 2.16 bits per heavy atom. The van der Waals surface area contributed by atoms with E-state index in [-0.39, 0.29) is 0 Å². The molecule has 0 atom stereocenters. The maximum Gasteiger partial charge on any atom is 0.227 e. The minimum Gasteiger partial charge on any atom is -0.385 e. The van der Waals surface area contributed by atoms with Crippen molar-refractivity contribution >= 4 is 34.3 Å². The van der Waals surface area contributed by atoms with Crippen LogP contribution in [-0.4, -0.2) is 70.9 Å². The number of hydrogen-bond acceptors (Lipinski definition) is 10. The van der Waals surface area contributed by atoms with Crippen LogP contribution < -0.4 is 38.1 Å². The number of fused-ring (bicyclic) bond motifs is 1. The quantitative estimate of drug-likeness (QED) is 0.105. The molecule has 2 heterocycles. The summed E-state index contributed by atoms with van der Waals surface area (Å²) in [6, 6.07) is 9.55. The summed E-state index contributed by atoms with van der Waals surface area (Å²) >= 11 is 0. The summed E-state index contributed by atoms with van der Waals surface area (Å²) < 4.78 is 2.26. The van der Waals surface area contributed by atoms with Crippen LogP contribution >= 0.6 is 0 Å². The number of anilines is 4. The van der Waals surface area contributed by atoms with Crippen LogP contribution in [0.1, 0.15) is 83.1 Å². The van der Waals surface area contributed by atoms with Crippen LogP contribution in [-0.2, 0) is 0 Å². The van der Waals surface area contributed by atoms with Crippen LogP contribution in [0.2, 0.25) is 0 Å². The number of unbranched alkanes of at least 4 members (excludes halogenated alkanes) is 1. The molecule has 0 spiro atoms. The molecule has 0 unspecified atom stereocenters. The fraction of sp³-hybridized carbons (Fsp3) is 0.656. The lowest BCUT2D eigenvalue weighted by Gasteiger charge is -2.27. The first kappa shape index (κ1) is 31.4. The van der Waals surface area contributed by atoms with Crippen LogP contribution in [0.25, 0.3) is 11.2 Å².